The van der Waals surface area contributed by atoms with Gasteiger partial charge in [0.25, 0.3) is 0 Å². The molecule has 0 aromatic carbocycles. The molecule has 0 amide bonds. The molecular weight excluding hydrogens is 292 g/mol. The molecule has 0 bridgehead atoms. The van der Waals surface area contributed by atoms with Crippen LogP contribution in [-0.2, 0) is 32.6 Å². The normalized spacial score (nSPS) is 11.5. The van der Waals surface area contributed by atoms with Crippen LogP contribution in [0.2, 0.25) is 0 Å². The van der Waals surface area contributed by atoms with Crippen LogP contribution < -0.4 is 10.3 Å². The maximum absolute atomic E-state index is 11.4. The van der Waals surface area contributed by atoms with Gasteiger partial charge in [-0.1, -0.05) is 11.3 Å². The van der Waals surface area contributed by atoms with Crippen molar-refractivity contribution < 1.29 is 27.1 Å². The molecule has 0 fully saturated rings. The first-order valence-electron chi connectivity index (χ1n) is 5.68. The lowest BCUT2D eigenvalue weighted by molar-refractivity contribution is -0.685. The highest BCUT2D eigenvalue weighted by molar-refractivity contribution is 7.85. The summed E-state index contributed by atoms with van der Waals surface area (Å²) in [4.78, 5) is 11.4. The number of carbonyl (C=O) groups is 1. The van der Waals surface area contributed by atoms with Crippen LogP contribution in [-0.4, -0.2) is 31.3 Å². The van der Waals surface area contributed by atoms with Gasteiger partial charge in [-0.25, -0.2) is 13.0 Å². The minimum absolute atomic E-state index is 0.0751. The van der Waals surface area contributed by atoms with E-state index in [4.69, 9.17) is 10.5 Å². The Morgan fingerprint density at radius 1 is 1.58 bits per heavy atom. The second-order valence-electron chi connectivity index (χ2n) is 3.81. The van der Waals surface area contributed by atoms with Gasteiger partial charge in [-0.2, -0.15) is 0 Å². The van der Waals surface area contributed by atoms with E-state index in [1.54, 1.807) is 16.9 Å². The van der Waals surface area contributed by atoms with Gasteiger partial charge in [-0.3, -0.25) is 10.5 Å². The van der Waals surface area contributed by atoms with Crippen molar-refractivity contribution in [1.82, 2.24) is 0 Å². The van der Waals surface area contributed by atoms with Gasteiger partial charge >= 0.3 is 11.1 Å². The molecule has 108 valence electrons. The van der Waals surface area contributed by atoms with Gasteiger partial charge in [-0.15, -0.1) is 0 Å². The Kier molecular flexibility index (Phi) is 5.70. The van der Waals surface area contributed by atoms with Crippen molar-refractivity contribution in [1.29, 1.82) is 0 Å². The highest BCUT2D eigenvalue weighted by Crippen LogP contribution is 2.11. The molecular formula is C10H16N2O5S2. The van der Waals surface area contributed by atoms with E-state index in [1.807, 2.05) is 0 Å². The summed E-state index contributed by atoms with van der Waals surface area (Å²) < 4.78 is 38.0. The standard InChI is InChI=1S/C10H16N2O5S2/c1-2-17-9(13)6-8-7-18-10(11)12(8)4-3-5-19(14,15)16/h7,11H,2-6H2,1H3,(H,14,15,16). The fourth-order valence-electron chi connectivity index (χ4n) is 1.55. The summed E-state index contributed by atoms with van der Waals surface area (Å²) in [7, 11) is -4.23. The van der Waals surface area contributed by atoms with Crippen molar-refractivity contribution in [3.8, 4) is 0 Å². The number of nitrogens with two attached hydrogens (primary N) is 1. The summed E-state index contributed by atoms with van der Waals surface area (Å²) >= 11 is 1.25. The third-order valence-electron chi connectivity index (χ3n) is 2.34. The number of hydrogen-bond donors (Lipinski definition) is 1. The first-order chi connectivity index (χ1) is 8.83. The van der Waals surface area contributed by atoms with Gasteiger partial charge in [0.15, 0.2) is 0 Å². The van der Waals surface area contributed by atoms with Gasteiger partial charge in [0.05, 0.1) is 23.3 Å². The summed E-state index contributed by atoms with van der Waals surface area (Å²) in [6.45, 7) is 2.30. The molecule has 0 spiro atoms. The van der Waals surface area contributed by atoms with Gasteiger partial charge in [0, 0.05) is 11.1 Å². The minimum Gasteiger partial charge on any atom is -0.748 e. The molecule has 0 aliphatic rings. The first-order valence-corrected chi connectivity index (χ1v) is 8.14. The number of rotatable bonds is 7. The summed E-state index contributed by atoms with van der Waals surface area (Å²) in [6, 6.07) is 0. The smallest absolute Gasteiger partial charge is 0.331 e. The topological polar surface area (TPSA) is 113 Å². The SMILES string of the molecule is CCOC(=O)Cc1csc(N)[n+]1CCCS(=O)(=O)[O-]. The van der Waals surface area contributed by atoms with Crippen molar-refractivity contribution in [2.24, 2.45) is 0 Å². The zero-order valence-electron chi connectivity index (χ0n) is 10.5. The quantitative estimate of drug-likeness (QED) is 0.419. The van der Waals surface area contributed by atoms with Crippen LogP contribution in [0.25, 0.3) is 0 Å². The molecule has 19 heavy (non-hydrogen) atoms. The Hall–Kier alpha value is -1.19. The predicted octanol–water partition coefficient (Wildman–Crippen LogP) is -0.341. The number of nitrogen functional groups attached to an aromatic ring is 1. The molecule has 7 nitrogen and oxygen atoms in total. The van der Waals surface area contributed by atoms with Gasteiger partial charge in [0.2, 0.25) is 0 Å². The third-order valence-corrected chi connectivity index (χ3v) is 3.98. The number of carbonyl (C=O) groups excluding carboxylic acids is 1. The first kappa shape index (κ1) is 15.9. The number of aromatic nitrogens is 1. The van der Waals surface area contributed by atoms with Crippen molar-refractivity contribution in [2.75, 3.05) is 18.1 Å². The van der Waals surface area contributed by atoms with E-state index < -0.39 is 15.9 Å². The maximum atomic E-state index is 11.4. The number of anilines is 1. The lowest BCUT2D eigenvalue weighted by Gasteiger charge is -2.07. The Labute approximate surface area is 115 Å². The molecule has 0 radical (unpaired) electrons. The zero-order chi connectivity index (χ0) is 14.5. The molecule has 0 unspecified atom stereocenters. The third kappa shape index (κ3) is 5.53. The number of ether oxygens (including phenoxy) is 1. The second kappa shape index (κ2) is 6.83. The van der Waals surface area contributed by atoms with E-state index in [1.165, 1.54) is 11.3 Å². The Balaban J connectivity index is 2.67. The lowest BCUT2D eigenvalue weighted by atomic mass is 10.3. The highest BCUT2D eigenvalue weighted by Gasteiger charge is 2.18. The van der Waals surface area contributed by atoms with E-state index in [9.17, 15) is 17.8 Å². The number of thiazole rings is 1. The summed E-state index contributed by atoms with van der Waals surface area (Å²) in [5.41, 5.74) is 6.40. The van der Waals surface area contributed by atoms with Crippen LogP contribution in [0.5, 0.6) is 0 Å². The van der Waals surface area contributed by atoms with Crippen molar-refractivity contribution in [2.45, 2.75) is 26.3 Å². The molecule has 0 atom stereocenters. The van der Waals surface area contributed by atoms with E-state index >= 15 is 0 Å². The van der Waals surface area contributed by atoms with E-state index in [2.05, 4.69) is 0 Å². The van der Waals surface area contributed by atoms with Crippen LogP contribution >= 0.6 is 11.3 Å². The van der Waals surface area contributed by atoms with Crippen LogP contribution in [0, 0.1) is 0 Å². The van der Waals surface area contributed by atoms with Gasteiger partial charge in [-0.05, 0) is 13.3 Å². The maximum Gasteiger partial charge on any atom is 0.331 e. The van der Waals surface area contributed by atoms with Crippen molar-refractivity contribution >= 4 is 32.6 Å². The van der Waals surface area contributed by atoms with Crippen LogP contribution in [0.4, 0.5) is 5.13 Å². The van der Waals surface area contributed by atoms with E-state index in [-0.39, 0.29) is 25.4 Å². The van der Waals surface area contributed by atoms with Crippen molar-refractivity contribution in [3.63, 3.8) is 0 Å². The molecule has 0 aliphatic carbocycles. The largest absolute Gasteiger partial charge is 0.748 e. The Bertz CT molecular complexity index is 538. The molecule has 0 saturated carbocycles. The average molecular weight is 308 g/mol. The summed E-state index contributed by atoms with van der Waals surface area (Å²) in [6.07, 6.45) is 0.235. The minimum atomic E-state index is -4.23. The van der Waals surface area contributed by atoms with Crippen LogP contribution in [0.15, 0.2) is 5.38 Å². The average Bonchev–Trinajstić information content (AvgIpc) is 2.60. The number of hydrogen-bond acceptors (Lipinski definition) is 7. The van der Waals surface area contributed by atoms with Gasteiger partial charge < -0.3 is 9.29 Å². The van der Waals surface area contributed by atoms with Gasteiger partial charge in [0.1, 0.15) is 12.1 Å². The molecule has 0 saturated heterocycles. The summed E-state index contributed by atoms with van der Waals surface area (Å²) in [5, 5.41) is 2.18. The molecule has 1 heterocycles. The summed E-state index contributed by atoms with van der Waals surface area (Å²) in [5.74, 6) is -0.820. The molecule has 9 heteroatoms. The molecule has 1 aromatic heterocycles. The molecule has 2 N–H and O–H groups in total. The Morgan fingerprint density at radius 3 is 2.84 bits per heavy atom. The fraction of sp³-hybridized carbons (Fsp3) is 0.600. The zero-order valence-corrected chi connectivity index (χ0v) is 12.1. The lowest BCUT2D eigenvalue weighted by Crippen LogP contribution is -2.40. The molecule has 0 aliphatic heterocycles. The van der Waals surface area contributed by atoms with Crippen LogP contribution in [0.1, 0.15) is 19.0 Å². The Morgan fingerprint density at radius 2 is 2.26 bits per heavy atom. The van der Waals surface area contributed by atoms with Crippen molar-refractivity contribution in [3.05, 3.63) is 11.1 Å². The predicted molar refractivity (Wildman–Crippen MR) is 68.4 cm³/mol. The number of nitrogens with zero attached hydrogens (tertiary/aromatic N) is 1. The second-order valence-corrected chi connectivity index (χ2v) is 6.23. The molecule has 1 rings (SSSR count). The van der Waals surface area contributed by atoms with E-state index in [0.29, 0.717) is 17.4 Å². The van der Waals surface area contributed by atoms with Crippen LogP contribution in [0.3, 0.4) is 0 Å². The molecule has 1 aromatic rings. The van der Waals surface area contributed by atoms with E-state index in [0.717, 1.165) is 0 Å². The monoisotopic (exact) mass is 308 g/mol. The number of esters is 1. The fourth-order valence-corrected chi connectivity index (χ4v) is 2.83. The highest BCUT2D eigenvalue weighted by atomic mass is 32.2.